The Labute approximate surface area is 70.5 Å². The Morgan fingerprint density at radius 1 is 1.45 bits per heavy atom. The molecule has 11 heavy (non-hydrogen) atoms. The van der Waals surface area contributed by atoms with E-state index >= 15 is 0 Å². The lowest BCUT2D eigenvalue weighted by atomic mass is 10.4. The fourth-order valence-corrected chi connectivity index (χ4v) is 1.80. The van der Waals surface area contributed by atoms with Gasteiger partial charge in [0.1, 0.15) is 0 Å². The van der Waals surface area contributed by atoms with E-state index in [1.807, 2.05) is 13.1 Å². The molecule has 0 heterocycles. The fraction of sp³-hybridized carbons (Fsp3) is 0.750. The molecule has 0 unspecified atom stereocenters. The van der Waals surface area contributed by atoms with Gasteiger partial charge in [0.25, 0.3) is 0 Å². The van der Waals surface area contributed by atoms with Crippen molar-refractivity contribution in [2.75, 3.05) is 6.61 Å². The van der Waals surface area contributed by atoms with Gasteiger partial charge in [0, 0.05) is 6.61 Å². The Bertz CT molecular complexity index is 113. The van der Waals surface area contributed by atoms with Crippen LogP contribution in [0.25, 0.3) is 0 Å². The van der Waals surface area contributed by atoms with Gasteiger partial charge in [-0.05, 0) is 19.5 Å². The van der Waals surface area contributed by atoms with E-state index in [9.17, 15) is 0 Å². The first-order valence-corrected chi connectivity index (χ1v) is 6.86. The van der Waals surface area contributed by atoms with Crippen LogP contribution in [0.5, 0.6) is 0 Å². The monoisotopic (exact) mass is 174 g/mol. The van der Waals surface area contributed by atoms with E-state index in [-0.39, 0.29) is 0 Å². The highest BCUT2D eigenvalue weighted by molar-refractivity contribution is 6.64. The second-order valence-corrected chi connectivity index (χ2v) is 6.21. The van der Waals surface area contributed by atoms with Crippen molar-refractivity contribution in [1.29, 1.82) is 0 Å². The molecule has 0 rings (SSSR count). The summed E-state index contributed by atoms with van der Waals surface area (Å²) in [5.74, 6) is 0. The molecule has 0 aromatic carbocycles. The van der Waals surface area contributed by atoms with Crippen LogP contribution in [0.15, 0.2) is 12.8 Å². The number of hydrogen-bond donors (Lipinski definition) is 0. The molecule has 0 atom stereocenters. The Morgan fingerprint density at radius 2 is 2.09 bits per heavy atom. The second-order valence-electron chi connectivity index (χ2n) is 2.89. The van der Waals surface area contributed by atoms with Crippen molar-refractivity contribution >= 4 is 8.56 Å². The maximum absolute atomic E-state index is 5.56. The highest BCUT2D eigenvalue weighted by Crippen LogP contribution is 2.07. The number of unbranched alkanes of at least 4 members (excludes halogenated alkanes) is 1. The van der Waals surface area contributed by atoms with Gasteiger partial charge in [-0.15, -0.1) is 0 Å². The molecule has 0 aliphatic carbocycles. The largest absolute Gasteiger partial charge is 0.527 e. The van der Waals surface area contributed by atoms with Gasteiger partial charge in [0.05, 0.1) is 6.26 Å². The summed E-state index contributed by atoms with van der Waals surface area (Å²) in [7, 11) is -1.86. The summed E-state index contributed by atoms with van der Waals surface area (Å²) in [5, 5.41) is 0. The minimum absolute atomic E-state index is 0.809. The molecule has 66 valence electrons. The van der Waals surface area contributed by atoms with Gasteiger partial charge in [0.2, 0.25) is 0 Å². The first-order valence-electron chi connectivity index (χ1n) is 4.05. The van der Waals surface area contributed by atoms with Crippen molar-refractivity contribution in [3.8, 4) is 0 Å². The fourth-order valence-electron chi connectivity index (χ4n) is 0.697. The van der Waals surface area contributed by atoms with E-state index in [0.29, 0.717) is 0 Å². The molecule has 0 aliphatic heterocycles. The van der Waals surface area contributed by atoms with E-state index in [1.165, 1.54) is 12.7 Å². The van der Waals surface area contributed by atoms with Crippen LogP contribution in [0.2, 0.25) is 13.1 Å². The van der Waals surface area contributed by atoms with E-state index in [0.717, 1.165) is 13.0 Å². The second kappa shape index (κ2) is 5.38. The molecule has 0 N–H and O–H groups in total. The van der Waals surface area contributed by atoms with E-state index < -0.39 is 8.56 Å². The molecule has 0 aliphatic rings. The summed E-state index contributed by atoms with van der Waals surface area (Å²) >= 11 is 0. The molecule has 0 saturated heterocycles. The lowest BCUT2D eigenvalue weighted by molar-refractivity contribution is 0.226. The highest BCUT2D eigenvalue weighted by atomic mass is 28.4. The number of hydrogen-bond acceptors (Lipinski definition) is 2. The van der Waals surface area contributed by atoms with Crippen molar-refractivity contribution in [2.45, 2.75) is 32.9 Å². The maximum Gasteiger partial charge on any atom is 0.391 e. The van der Waals surface area contributed by atoms with Crippen LogP contribution < -0.4 is 0 Å². The quantitative estimate of drug-likeness (QED) is 0.350. The number of rotatable bonds is 6. The molecular formula is C8H18O2Si. The summed E-state index contributed by atoms with van der Waals surface area (Å²) < 4.78 is 10.8. The summed E-state index contributed by atoms with van der Waals surface area (Å²) in [5.41, 5.74) is 0. The van der Waals surface area contributed by atoms with Crippen LogP contribution in [-0.4, -0.2) is 15.2 Å². The van der Waals surface area contributed by atoms with Crippen molar-refractivity contribution < 1.29 is 8.85 Å². The molecule has 0 aromatic rings. The third-order valence-electron chi connectivity index (χ3n) is 1.31. The smallest absolute Gasteiger partial charge is 0.391 e. The normalized spacial score (nSPS) is 11.2. The first-order chi connectivity index (χ1) is 5.12. The Hall–Kier alpha value is -0.283. The topological polar surface area (TPSA) is 18.5 Å². The molecule has 2 nitrogen and oxygen atoms in total. The van der Waals surface area contributed by atoms with Gasteiger partial charge in [-0.3, -0.25) is 0 Å². The zero-order chi connectivity index (χ0) is 8.74. The highest BCUT2D eigenvalue weighted by Gasteiger charge is 2.23. The van der Waals surface area contributed by atoms with E-state index in [4.69, 9.17) is 8.85 Å². The maximum atomic E-state index is 5.56. The third kappa shape index (κ3) is 6.13. The first kappa shape index (κ1) is 10.7. The lowest BCUT2D eigenvalue weighted by Crippen LogP contribution is -2.33. The summed E-state index contributed by atoms with van der Waals surface area (Å²) in [6, 6.07) is 0. The molecule has 0 radical (unpaired) electrons. The standard InChI is InChI=1S/C8H18O2Si/c1-5-7-8-10-11(3,4)9-6-2/h6H,2,5,7-8H2,1,3-4H3. The molecule has 0 aromatic heterocycles. The molecular weight excluding hydrogens is 156 g/mol. The zero-order valence-electron chi connectivity index (χ0n) is 7.72. The van der Waals surface area contributed by atoms with Crippen molar-refractivity contribution in [1.82, 2.24) is 0 Å². The van der Waals surface area contributed by atoms with Crippen LogP contribution in [0, 0.1) is 0 Å². The van der Waals surface area contributed by atoms with Gasteiger partial charge >= 0.3 is 8.56 Å². The van der Waals surface area contributed by atoms with Crippen LogP contribution in [0.4, 0.5) is 0 Å². The minimum atomic E-state index is -1.86. The van der Waals surface area contributed by atoms with E-state index in [2.05, 4.69) is 13.5 Å². The molecule has 0 bridgehead atoms. The average Bonchev–Trinajstić information content (AvgIpc) is 1.87. The SMILES string of the molecule is C=CO[Si](C)(C)OCCCC. The van der Waals surface area contributed by atoms with Crippen LogP contribution in [0.1, 0.15) is 19.8 Å². The van der Waals surface area contributed by atoms with Crippen LogP contribution in [0.3, 0.4) is 0 Å². The van der Waals surface area contributed by atoms with Gasteiger partial charge in [-0.25, -0.2) is 0 Å². The van der Waals surface area contributed by atoms with Crippen molar-refractivity contribution in [2.24, 2.45) is 0 Å². The van der Waals surface area contributed by atoms with Gasteiger partial charge in [-0.1, -0.05) is 19.9 Å². The van der Waals surface area contributed by atoms with Crippen molar-refractivity contribution in [3.05, 3.63) is 12.8 Å². The van der Waals surface area contributed by atoms with Gasteiger partial charge in [0.15, 0.2) is 0 Å². The Kier molecular flexibility index (Phi) is 5.24. The zero-order valence-corrected chi connectivity index (χ0v) is 8.72. The molecule has 0 fully saturated rings. The predicted octanol–water partition coefficient (Wildman–Crippen LogP) is 2.67. The summed E-state index contributed by atoms with van der Waals surface area (Å²) in [6.07, 6.45) is 3.74. The molecule has 0 amide bonds. The third-order valence-corrected chi connectivity index (χ3v) is 2.95. The van der Waals surface area contributed by atoms with Gasteiger partial charge in [-0.2, -0.15) is 0 Å². The summed E-state index contributed by atoms with van der Waals surface area (Å²) in [4.78, 5) is 0. The van der Waals surface area contributed by atoms with Gasteiger partial charge < -0.3 is 8.85 Å². The van der Waals surface area contributed by atoms with Crippen molar-refractivity contribution in [3.63, 3.8) is 0 Å². The lowest BCUT2D eigenvalue weighted by Gasteiger charge is -2.20. The molecule has 0 spiro atoms. The Morgan fingerprint density at radius 3 is 2.55 bits per heavy atom. The van der Waals surface area contributed by atoms with Crippen LogP contribution >= 0.6 is 0 Å². The minimum Gasteiger partial charge on any atom is -0.527 e. The van der Waals surface area contributed by atoms with Crippen LogP contribution in [-0.2, 0) is 8.85 Å². The molecule has 3 heteroatoms. The van der Waals surface area contributed by atoms with E-state index in [1.54, 1.807) is 0 Å². The molecule has 0 saturated carbocycles. The average molecular weight is 174 g/mol. The Balaban J connectivity index is 3.45. The summed E-state index contributed by atoms with van der Waals surface area (Å²) in [6.45, 7) is 10.5. The predicted molar refractivity (Wildman–Crippen MR) is 49.6 cm³/mol.